The summed E-state index contributed by atoms with van der Waals surface area (Å²) < 4.78 is 1.67. The molecule has 0 saturated heterocycles. The summed E-state index contributed by atoms with van der Waals surface area (Å²) in [7, 11) is 0. The van der Waals surface area contributed by atoms with Gasteiger partial charge in [-0.25, -0.2) is 0 Å². The fourth-order valence-corrected chi connectivity index (χ4v) is 2.98. The van der Waals surface area contributed by atoms with Gasteiger partial charge >= 0.3 is 0 Å². The predicted molar refractivity (Wildman–Crippen MR) is 79.7 cm³/mol. The van der Waals surface area contributed by atoms with Gasteiger partial charge in [-0.3, -0.25) is 4.79 Å². The van der Waals surface area contributed by atoms with E-state index in [4.69, 9.17) is 0 Å². The highest BCUT2D eigenvalue weighted by Gasteiger charge is 2.20. The van der Waals surface area contributed by atoms with Gasteiger partial charge in [-0.1, -0.05) is 45.2 Å². The van der Waals surface area contributed by atoms with Gasteiger partial charge in [-0.05, 0) is 31.5 Å². The van der Waals surface area contributed by atoms with Crippen molar-refractivity contribution in [3.63, 3.8) is 0 Å². The maximum Gasteiger partial charge on any atom is 0.251 e. The average molecular weight is 379 g/mol. The van der Waals surface area contributed by atoms with E-state index in [0.29, 0.717) is 12.0 Å². The fourth-order valence-electron chi connectivity index (χ4n) is 1.68. The third kappa shape index (κ3) is 5.08. The number of nitrogens with one attached hydrogen (secondary N) is 1. The zero-order valence-corrected chi connectivity index (χ0v) is 13.6. The SMILES string of the molecule is CCCC(C)(O)CNC(=O)c1cc(Br)cc(Br)c1. The highest BCUT2D eigenvalue weighted by atomic mass is 79.9. The summed E-state index contributed by atoms with van der Waals surface area (Å²) in [5.74, 6) is -0.187. The van der Waals surface area contributed by atoms with Gasteiger partial charge < -0.3 is 10.4 Å². The molecule has 1 rings (SSSR count). The summed E-state index contributed by atoms with van der Waals surface area (Å²) in [5.41, 5.74) is -0.295. The van der Waals surface area contributed by atoms with Crippen LogP contribution in [0, 0.1) is 0 Å². The Labute approximate surface area is 124 Å². The van der Waals surface area contributed by atoms with Gasteiger partial charge in [0, 0.05) is 21.1 Å². The van der Waals surface area contributed by atoms with Gasteiger partial charge in [-0.15, -0.1) is 0 Å². The molecule has 0 aliphatic heterocycles. The highest BCUT2D eigenvalue weighted by molar-refractivity contribution is 9.11. The molecule has 1 atom stereocenters. The van der Waals surface area contributed by atoms with Crippen LogP contribution in [0.4, 0.5) is 0 Å². The first-order valence-corrected chi connectivity index (χ1v) is 7.39. The second-order valence-corrected chi connectivity index (χ2v) is 6.42. The number of amides is 1. The Balaban J connectivity index is 2.66. The van der Waals surface area contributed by atoms with E-state index in [1.165, 1.54) is 0 Å². The molecule has 1 unspecified atom stereocenters. The lowest BCUT2D eigenvalue weighted by atomic mass is 10.0. The minimum absolute atomic E-state index is 0.187. The van der Waals surface area contributed by atoms with E-state index in [1.54, 1.807) is 19.1 Å². The Kier molecular flexibility index (Phi) is 5.82. The molecule has 0 aliphatic rings. The molecule has 5 heteroatoms. The van der Waals surface area contributed by atoms with Crippen molar-refractivity contribution in [3.8, 4) is 0 Å². The number of carbonyl (C=O) groups is 1. The van der Waals surface area contributed by atoms with Gasteiger partial charge in [-0.2, -0.15) is 0 Å². The summed E-state index contributed by atoms with van der Waals surface area (Å²) in [5, 5.41) is 12.7. The van der Waals surface area contributed by atoms with Crippen LogP contribution in [0.3, 0.4) is 0 Å². The number of aliphatic hydroxyl groups is 1. The van der Waals surface area contributed by atoms with Crippen LogP contribution >= 0.6 is 31.9 Å². The molecule has 0 bridgehead atoms. The minimum atomic E-state index is -0.854. The Morgan fingerprint density at radius 3 is 2.39 bits per heavy atom. The molecule has 0 aliphatic carbocycles. The second kappa shape index (κ2) is 6.68. The van der Waals surface area contributed by atoms with Crippen LogP contribution in [0.2, 0.25) is 0 Å². The van der Waals surface area contributed by atoms with E-state index in [9.17, 15) is 9.90 Å². The molecule has 0 saturated carbocycles. The van der Waals surface area contributed by atoms with Crippen molar-refractivity contribution in [1.82, 2.24) is 5.32 Å². The maximum absolute atomic E-state index is 11.9. The van der Waals surface area contributed by atoms with Crippen LogP contribution in [-0.2, 0) is 0 Å². The van der Waals surface area contributed by atoms with Crippen molar-refractivity contribution in [2.45, 2.75) is 32.3 Å². The van der Waals surface area contributed by atoms with Crippen LogP contribution in [0.25, 0.3) is 0 Å². The van der Waals surface area contributed by atoms with E-state index in [0.717, 1.165) is 15.4 Å². The fraction of sp³-hybridized carbons (Fsp3) is 0.462. The number of halogens is 2. The molecule has 18 heavy (non-hydrogen) atoms. The maximum atomic E-state index is 11.9. The van der Waals surface area contributed by atoms with Crippen molar-refractivity contribution in [2.75, 3.05) is 6.54 Å². The van der Waals surface area contributed by atoms with Crippen LogP contribution < -0.4 is 5.32 Å². The largest absolute Gasteiger partial charge is 0.388 e. The smallest absolute Gasteiger partial charge is 0.251 e. The van der Waals surface area contributed by atoms with E-state index in [2.05, 4.69) is 37.2 Å². The van der Waals surface area contributed by atoms with Gasteiger partial charge in [0.1, 0.15) is 0 Å². The number of hydrogen-bond acceptors (Lipinski definition) is 2. The summed E-state index contributed by atoms with van der Waals surface area (Å²) in [6, 6.07) is 5.35. The normalized spacial score (nSPS) is 14.1. The zero-order valence-electron chi connectivity index (χ0n) is 10.5. The third-order valence-corrected chi connectivity index (χ3v) is 3.46. The number of rotatable bonds is 5. The quantitative estimate of drug-likeness (QED) is 0.823. The van der Waals surface area contributed by atoms with Crippen LogP contribution in [0.1, 0.15) is 37.0 Å². The Hall–Kier alpha value is -0.390. The molecule has 2 N–H and O–H groups in total. The monoisotopic (exact) mass is 377 g/mol. The van der Waals surface area contributed by atoms with E-state index in [-0.39, 0.29) is 12.5 Å². The molecule has 1 aromatic rings. The summed E-state index contributed by atoms with van der Waals surface area (Å²) in [4.78, 5) is 11.9. The van der Waals surface area contributed by atoms with E-state index in [1.807, 2.05) is 13.0 Å². The van der Waals surface area contributed by atoms with Crippen LogP contribution in [0.5, 0.6) is 0 Å². The first kappa shape index (κ1) is 15.7. The Morgan fingerprint density at radius 1 is 1.33 bits per heavy atom. The van der Waals surface area contributed by atoms with Gasteiger partial charge in [0.25, 0.3) is 5.91 Å². The molecule has 0 heterocycles. The van der Waals surface area contributed by atoms with Crippen molar-refractivity contribution < 1.29 is 9.90 Å². The Bertz CT molecular complexity index is 413. The molecule has 0 radical (unpaired) electrons. The van der Waals surface area contributed by atoms with Gasteiger partial charge in [0.2, 0.25) is 0 Å². The molecule has 0 fully saturated rings. The lowest BCUT2D eigenvalue weighted by Crippen LogP contribution is -2.40. The first-order chi connectivity index (χ1) is 8.34. The summed E-state index contributed by atoms with van der Waals surface area (Å²) >= 11 is 6.67. The molecule has 1 aromatic carbocycles. The summed E-state index contributed by atoms with van der Waals surface area (Å²) in [6.07, 6.45) is 1.54. The van der Waals surface area contributed by atoms with Gasteiger partial charge in [0.15, 0.2) is 0 Å². The Morgan fingerprint density at radius 2 is 1.89 bits per heavy atom. The van der Waals surface area contributed by atoms with E-state index >= 15 is 0 Å². The highest BCUT2D eigenvalue weighted by Crippen LogP contribution is 2.20. The standard InChI is InChI=1S/C13H17Br2NO2/c1-3-4-13(2,18)8-16-12(17)9-5-10(14)7-11(15)6-9/h5-7,18H,3-4,8H2,1-2H3,(H,16,17). The summed E-state index contributed by atoms with van der Waals surface area (Å²) in [6.45, 7) is 3.99. The lowest BCUT2D eigenvalue weighted by molar-refractivity contribution is 0.0469. The molecule has 1 amide bonds. The van der Waals surface area contributed by atoms with Crippen molar-refractivity contribution >= 4 is 37.8 Å². The van der Waals surface area contributed by atoms with Crippen molar-refractivity contribution in [2.24, 2.45) is 0 Å². The molecular formula is C13H17Br2NO2. The lowest BCUT2D eigenvalue weighted by Gasteiger charge is -2.22. The van der Waals surface area contributed by atoms with Crippen LogP contribution in [0.15, 0.2) is 27.1 Å². The van der Waals surface area contributed by atoms with Gasteiger partial charge in [0.05, 0.1) is 5.60 Å². The predicted octanol–water partition coefficient (Wildman–Crippen LogP) is 3.49. The molecule has 0 spiro atoms. The third-order valence-electron chi connectivity index (χ3n) is 2.54. The number of benzene rings is 1. The molecule has 3 nitrogen and oxygen atoms in total. The van der Waals surface area contributed by atoms with Crippen molar-refractivity contribution in [3.05, 3.63) is 32.7 Å². The average Bonchev–Trinajstić information content (AvgIpc) is 2.24. The van der Waals surface area contributed by atoms with Crippen molar-refractivity contribution in [1.29, 1.82) is 0 Å². The first-order valence-electron chi connectivity index (χ1n) is 5.81. The van der Waals surface area contributed by atoms with Crippen LogP contribution in [-0.4, -0.2) is 23.2 Å². The zero-order chi connectivity index (χ0) is 13.8. The number of hydrogen-bond donors (Lipinski definition) is 2. The van der Waals surface area contributed by atoms with E-state index < -0.39 is 5.60 Å². The topological polar surface area (TPSA) is 49.3 Å². The molecule has 100 valence electrons. The molecular weight excluding hydrogens is 362 g/mol. The molecule has 0 aromatic heterocycles. The number of carbonyl (C=O) groups excluding carboxylic acids is 1. The second-order valence-electron chi connectivity index (χ2n) is 4.59. The minimum Gasteiger partial charge on any atom is -0.388 e.